The van der Waals surface area contributed by atoms with Crippen molar-refractivity contribution >= 4 is 22.7 Å². The normalized spacial score (nSPS) is 10.4. The fourth-order valence-corrected chi connectivity index (χ4v) is 1.78. The van der Waals surface area contributed by atoms with Gasteiger partial charge in [0.15, 0.2) is 0 Å². The van der Waals surface area contributed by atoms with Gasteiger partial charge in [-0.2, -0.15) is 0 Å². The third-order valence-electron chi connectivity index (χ3n) is 2.72. The van der Waals surface area contributed by atoms with Gasteiger partial charge in [-0.15, -0.1) is 0 Å². The number of benzene rings is 1. The van der Waals surface area contributed by atoms with Crippen LogP contribution < -0.4 is 5.32 Å². The summed E-state index contributed by atoms with van der Waals surface area (Å²) in [7, 11) is 0. The molecule has 0 amide bonds. The first kappa shape index (κ1) is 12.4. The van der Waals surface area contributed by atoms with E-state index >= 15 is 0 Å². The number of carboxylic acid groups (broad SMARTS) is 1. The van der Waals surface area contributed by atoms with Crippen LogP contribution in [0.15, 0.2) is 36.4 Å². The largest absolute Gasteiger partial charge is 0.481 e. The van der Waals surface area contributed by atoms with E-state index in [1.807, 2.05) is 36.4 Å². The summed E-state index contributed by atoms with van der Waals surface area (Å²) in [5, 5.41) is 12.8. The summed E-state index contributed by atoms with van der Waals surface area (Å²) in [6.45, 7) is 0.749. The highest BCUT2D eigenvalue weighted by Gasteiger charge is 1.98. The Morgan fingerprint density at radius 3 is 2.83 bits per heavy atom. The van der Waals surface area contributed by atoms with E-state index < -0.39 is 5.97 Å². The molecular weight excluding hydrogens is 228 g/mol. The molecule has 0 unspecified atom stereocenters. The van der Waals surface area contributed by atoms with E-state index in [1.54, 1.807) is 0 Å². The van der Waals surface area contributed by atoms with E-state index in [0.717, 1.165) is 29.7 Å². The summed E-state index contributed by atoms with van der Waals surface area (Å²) in [5.41, 5.74) is 0.966. The second kappa shape index (κ2) is 6.00. The van der Waals surface area contributed by atoms with Gasteiger partial charge in [-0.1, -0.05) is 18.2 Å². The molecule has 0 saturated carbocycles. The first-order chi connectivity index (χ1) is 8.75. The molecule has 1 heterocycles. The zero-order valence-electron chi connectivity index (χ0n) is 10.1. The number of hydrogen-bond donors (Lipinski definition) is 2. The number of rotatable bonds is 6. The summed E-state index contributed by atoms with van der Waals surface area (Å²) < 4.78 is 0. The van der Waals surface area contributed by atoms with Crippen molar-refractivity contribution in [2.45, 2.75) is 19.3 Å². The molecule has 18 heavy (non-hydrogen) atoms. The van der Waals surface area contributed by atoms with Crippen molar-refractivity contribution in [1.82, 2.24) is 4.98 Å². The Bertz CT molecular complexity index is 540. The molecule has 0 aliphatic heterocycles. The highest BCUT2D eigenvalue weighted by molar-refractivity contribution is 5.80. The Labute approximate surface area is 106 Å². The molecule has 0 atom stereocenters. The number of pyridine rings is 1. The molecule has 2 aromatic rings. The Morgan fingerprint density at radius 1 is 1.17 bits per heavy atom. The van der Waals surface area contributed by atoms with Gasteiger partial charge in [-0.25, -0.2) is 4.98 Å². The maximum absolute atomic E-state index is 10.3. The maximum atomic E-state index is 10.3. The van der Waals surface area contributed by atoms with Crippen LogP contribution in [-0.2, 0) is 4.79 Å². The minimum Gasteiger partial charge on any atom is -0.481 e. The van der Waals surface area contributed by atoms with Gasteiger partial charge in [0.25, 0.3) is 0 Å². The van der Waals surface area contributed by atoms with Gasteiger partial charge in [-0.3, -0.25) is 4.79 Å². The highest BCUT2D eigenvalue weighted by atomic mass is 16.4. The second-order valence-corrected chi connectivity index (χ2v) is 4.17. The number of para-hydroxylation sites is 1. The van der Waals surface area contributed by atoms with Crippen molar-refractivity contribution in [3.8, 4) is 0 Å². The zero-order chi connectivity index (χ0) is 12.8. The van der Waals surface area contributed by atoms with Gasteiger partial charge in [0.2, 0.25) is 0 Å². The van der Waals surface area contributed by atoms with E-state index in [0.29, 0.717) is 6.42 Å². The van der Waals surface area contributed by atoms with Gasteiger partial charge in [0, 0.05) is 18.4 Å². The van der Waals surface area contributed by atoms with E-state index in [4.69, 9.17) is 5.11 Å². The van der Waals surface area contributed by atoms with Crippen LogP contribution >= 0.6 is 0 Å². The SMILES string of the molecule is O=C(O)CCCCNc1ccc2ccccc2n1. The van der Waals surface area contributed by atoms with Gasteiger partial charge < -0.3 is 10.4 Å². The number of fused-ring (bicyclic) bond motifs is 1. The molecule has 1 aromatic heterocycles. The lowest BCUT2D eigenvalue weighted by atomic mass is 10.2. The lowest BCUT2D eigenvalue weighted by Gasteiger charge is -2.06. The van der Waals surface area contributed by atoms with Crippen LogP contribution in [0.25, 0.3) is 10.9 Å². The van der Waals surface area contributed by atoms with Gasteiger partial charge in [-0.05, 0) is 31.0 Å². The summed E-state index contributed by atoms with van der Waals surface area (Å²) >= 11 is 0. The monoisotopic (exact) mass is 244 g/mol. The average Bonchev–Trinajstić information content (AvgIpc) is 2.38. The van der Waals surface area contributed by atoms with E-state index in [-0.39, 0.29) is 6.42 Å². The lowest BCUT2D eigenvalue weighted by Crippen LogP contribution is -2.04. The van der Waals surface area contributed by atoms with Crippen molar-refractivity contribution in [2.24, 2.45) is 0 Å². The van der Waals surface area contributed by atoms with Crippen LogP contribution in [0.1, 0.15) is 19.3 Å². The van der Waals surface area contributed by atoms with Gasteiger partial charge in [0.1, 0.15) is 5.82 Å². The summed E-state index contributed by atoms with van der Waals surface area (Å²) in [6, 6.07) is 11.9. The molecule has 0 radical (unpaired) electrons. The number of anilines is 1. The van der Waals surface area contributed by atoms with Crippen molar-refractivity contribution in [3.63, 3.8) is 0 Å². The number of aliphatic carboxylic acids is 1. The summed E-state index contributed by atoms with van der Waals surface area (Å²) in [5.74, 6) is 0.0999. The van der Waals surface area contributed by atoms with Gasteiger partial charge >= 0.3 is 5.97 Å². The molecule has 0 fully saturated rings. The van der Waals surface area contributed by atoms with Crippen molar-refractivity contribution in [1.29, 1.82) is 0 Å². The minimum absolute atomic E-state index is 0.229. The quantitative estimate of drug-likeness (QED) is 0.767. The molecule has 0 aliphatic carbocycles. The Hall–Kier alpha value is -2.10. The molecule has 4 heteroatoms. The molecule has 0 bridgehead atoms. The van der Waals surface area contributed by atoms with E-state index in [2.05, 4.69) is 10.3 Å². The van der Waals surface area contributed by atoms with Gasteiger partial charge in [0.05, 0.1) is 5.52 Å². The minimum atomic E-state index is -0.737. The van der Waals surface area contributed by atoms with E-state index in [1.165, 1.54) is 0 Å². The smallest absolute Gasteiger partial charge is 0.303 e. The third kappa shape index (κ3) is 3.45. The predicted molar refractivity (Wildman–Crippen MR) is 71.7 cm³/mol. The molecule has 1 aromatic carbocycles. The number of hydrogen-bond acceptors (Lipinski definition) is 3. The molecule has 2 rings (SSSR count). The molecular formula is C14H16N2O2. The zero-order valence-corrected chi connectivity index (χ0v) is 10.1. The standard InChI is InChI=1S/C14H16N2O2/c17-14(18)7-3-4-10-15-13-9-8-11-5-1-2-6-12(11)16-13/h1-2,5-6,8-9H,3-4,7,10H2,(H,15,16)(H,17,18). The fraction of sp³-hybridized carbons (Fsp3) is 0.286. The molecule has 0 aliphatic rings. The number of nitrogens with zero attached hydrogens (tertiary/aromatic N) is 1. The van der Waals surface area contributed by atoms with Crippen molar-refractivity contribution < 1.29 is 9.90 Å². The first-order valence-corrected chi connectivity index (χ1v) is 6.07. The number of carboxylic acids is 1. The topological polar surface area (TPSA) is 62.2 Å². The Kier molecular flexibility index (Phi) is 4.12. The highest BCUT2D eigenvalue weighted by Crippen LogP contribution is 2.14. The van der Waals surface area contributed by atoms with Crippen LogP contribution in [0.3, 0.4) is 0 Å². The maximum Gasteiger partial charge on any atom is 0.303 e. The van der Waals surface area contributed by atoms with Crippen LogP contribution in [0.4, 0.5) is 5.82 Å². The van der Waals surface area contributed by atoms with Crippen LogP contribution in [0.2, 0.25) is 0 Å². The predicted octanol–water partition coefficient (Wildman–Crippen LogP) is 2.90. The van der Waals surface area contributed by atoms with Crippen molar-refractivity contribution in [2.75, 3.05) is 11.9 Å². The molecule has 0 spiro atoms. The number of carbonyl (C=O) groups is 1. The molecule has 2 N–H and O–H groups in total. The molecule has 0 saturated heterocycles. The van der Waals surface area contributed by atoms with Crippen LogP contribution in [-0.4, -0.2) is 22.6 Å². The van der Waals surface area contributed by atoms with Crippen LogP contribution in [0, 0.1) is 0 Å². The second-order valence-electron chi connectivity index (χ2n) is 4.17. The van der Waals surface area contributed by atoms with E-state index in [9.17, 15) is 4.79 Å². The molecule has 4 nitrogen and oxygen atoms in total. The number of aromatic nitrogens is 1. The number of nitrogens with one attached hydrogen (secondary N) is 1. The third-order valence-corrected chi connectivity index (χ3v) is 2.72. The fourth-order valence-electron chi connectivity index (χ4n) is 1.78. The average molecular weight is 244 g/mol. The molecule has 94 valence electrons. The number of unbranched alkanes of at least 4 members (excludes halogenated alkanes) is 1. The Balaban J connectivity index is 1.86. The lowest BCUT2D eigenvalue weighted by molar-refractivity contribution is -0.137. The summed E-state index contributed by atoms with van der Waals surface area (Å²) in [6.07, 6.45) is 1.75. The first-order valence-electron chi connectivity index (χ1n) is 6.07. The van der Waals surface area contributed by atoms with Crippen LogP contribution in [0.5, 0.6) is 0 Å². The Morgan fingerprint density at radius 2 is 2.00 bits per heavy atom. The van der Waals surface area contributed by atoms with Crippen molar-refractivity contribution in [3.05, 3.63) is 36.4 Å². The summed E-state index contributed by atoms with van der Waals surface area (Å²) in [4.78, 5) is 14.8.